The van der Waals surface area contributed by atoms with Crippen molar-refractivity contribution in [3.05, 3.63) is 187 Å². The van der Waals surface area contributed by atoms with E-state index in [0.717, 1.165) is 16.7 Å². The molecule has 0 radical (unpaired) electrons. The fraction of sp³-hybridized carbons (Fsp3) is 0.143. The first kappa shape index (κ1) is 35.6. The van der Waals surface area contributed by atoms with Crippen LogP contribution in [-0.4, -0.2) is 0 Å². The molecular formula is C42H40O7P2. The monoisotopic (exact) mass is 718 g/mol. The summed E-state index contributed by atoms with van der Waals surface area (Å²) >= 11 is 0. The Bertz CT molecular complexity index is 2010. The van der Waals surface area contributed by atoms with E-state index in [1.165, 1.54) is 0 Å². The number of hydrogen-bond donors (Lipinski definition) is 0. The Hall–Kier alpha value is -5.22. The number of rotatable bonds is 14. The van der Waals surface area contributed by atoms with Crippen molar-refractivity contribution in [2.75, 3.05) is 0 Å². The Labute approximate surface area is 299 Å². The molecule has 0 amide bonds. The van der Waals surface area contributed by atoms with Crippen LogP contribution in [0.2, 0.25) is 0 Å². The minimum Gasteiger partial charge on any atom is -0.415 e. The second kappa shape index (κ2) is 14.9. The molecule has 0 aliphatic rings. The van der Waals surface area contributed by atoms with Gasteiger partial charge in [0.2, 0.25) is 0 Å². The first-order chi connectivity index (χ1) is 24.5. The highest BCUT2D eigenvalue weighted by Crippen LogP contribution is 2.63. The Kier molecular flexibility index (Phi) is 10.4. The van der Waals surface area contributed by atoms with E-state index in [1.54, 1.807) is 84.9 Å². The summed E-state index contributed by atoms with van der Waals surface area (Å²) in [7, 11) is -7.95. The first-order valence-corrected chi connectivity index (χ1v) is 19.6. The van der Waals surface area contributed by atoms with Gasteiger partial charge in [-0.05, 0) is 91.2 Å². The number of phosphoric ester groups is 1. The SMILES string of the molecule is CC(C)(c1ccc(OP(=O)(Oc2ccccc2)Oc2ccccc2)cc1)c1ccc(C(C)(C)P(=O)(Oc2ccccc2)Oc2ccccc2)cc1. The fourth-order valence-electron chi connectivity index (χ4n) is 5.45. The lowest BCUT2D eigenvalue weighted by atomic mass is 9.77. The second-order valence-electron chi connectivity index (χ2n) is 12.9. The van der Waals surface area contributed by atoms with Crippen molar-refractivity contribution in [2.24, 2.45) is 0 Å². The maximum Gasteiger partial charge on any atom is 0.647 e. The van der Waals surface area contributed by atoms with Crippen LogP contribution in [0.25, 0.3) is 0 Å². The Morgan fingerprint density at radius 3 is 0.980 bits per heavy atom. The molecule has 51 heavy (non-hydrogen) atoms. The van der Waals surface area contributed by atoms with Gasteiger partial charge in [-0.2, -0.15) is 4.57 Å². The highest BCUT2D eigenvalue weighted by atomic mass is 31.2. The molecule has 0 bridgehead atoms. The highest BCUT2D eigenvalue weighted by Gasteiger charge is 2.48. The summed E-state index contributed by atoms with van der Waals surface area (Å²) in [6.45, 7) is 7.99. The van der Waals surface area contributed by atoms with Gasteiger partial charge in [0.25, 0.3) is 0 Å². The van der Waals surface area contributed by atoms with Crippen molar-refractivity contribution < 1.29 is 31.7 Å². The third-order valence-electron chi connectivity index (χ3n) is 8.65. The Balaban J connectivity index is 1.23. The van der Waals surface area contributed by atoms with Gasteiger partial charge in [-0.1, -0.05) is 123 Å². The van der Waals surface area contributed by atoms with Crippen LogP contribution in [0.15, 0.2) is 170 Å². The van der Waals surface area contributed by atoms with E-state index in [9.17, 15) is 9.13 Å². The summed E-state index contributed by atoms with van der Waals surface area (Å²) in [5.74, 6) is 1.97. The molecule has 0 aliphatic heterocycles. The lowest BCUT2D eigenvalue weighted by molar-refractivity contribution is 0.298. The van der Waals surface area contributed by atoms with Crippen molar-refractivity contribution in [3.8, 4) is 28.7 Å². The lowest BCUT2D eigenvalue weighted by Gasteiger charge is -2.34. The predicted octanol–water partition coefficient (Wildman–Crippen LogP) is 12.2. The maximum atomic E-state index is 14.7. The van der Waals surface area contributed by atoms with Gasteiger partial charge in [-0.15, -0.1) is 0 Å². The van der Waals surface area contributed by atoms with E-state index >= 15 is 0 Å². The van der Waals surface area contributed by atoms with E-state index in [-0.39, 0.29) is 0 Å². The van der Waals surface area contributed by atoms with Gasteiger partial charge >= 0.3 is 15.4 Å². The number of para-hydroxylation sites is 4. The van der Waals surface area contributed by atoms with Crippen LogP contribution in [0.5, 0.6) is 28.7 Å². The zero-order valence-electron chi connectivity index (χ0n) is 28.9. The molecule has 0 spiro atoms. The van der Waals surface area contributed by atoms with Crippen LogP contribution < -0.4 is 22.6 Å². The van der Waals surface area contributed by atoms with Gasteiger partial charge < -0.3 is 22.6 Å². The minimum absolute atomic E-state index is 0.328. The molecule has 0 aliphatic carbocycles. The van der Waals surface area contributed by atoms with Gasteiger partial charge in [0.1, 0.15) is 33.9 Å². The fourth-order valence-corrected chi connectivity index (χ4v) is 8.45. The third-order valence-corrected chi connectivity index (χ3v) is 12.5. The molecule has 7 nitrogen and oxygen atoms in total. The van der Waals surface area contributed by atoms with Crippen LogP contribution in [0, 0.1) is 0 Å². The zero-order valence-corrected chi connectivity index (χ0v) is 30.7. The average molecular weight is 719 g/mol. The normalized spacial score (nSPS) is 12.1. The molecule has 0 saturated heterocycles. The van der Waals surface area contributed by atoms with E-state index in [2.05, 4.69) is 13.8 Å². The predicted molar refractivity (Wildman–Crippen MR) is 202 cm³/mol. The second-order valence-corrected chi connectivity index (χ2v) is 16.9. The standard InChI is InChI=1S/C42H40O7P2/c1-41(2,34-29-31-40(32-30-34)49-51(44,47-38-21-13-7-14-22-38)48-39-23-15-8-16-24-39)33-25-27-35(28-26-33)42(3,4)50(43,45-36-17-9-5-10-18-36)46-37-19-11-6-12-20-37/h5-32H,1-4H3. The Morgan fingerprint density at radius 2 is 0.627 bits per heavy atom. The summed E-state index contributed by atoms with van der Waals surface area (Å²) in [4.78, 5) is 0. The zero-order chi connectivity index (χ0) is 36.0. The summed E-state index contributed by atoms with van der Waals surface area (Å²) in [5, 5.41) is -1.02. The van der Waals surface area contributed by atoms with Crippen molar-refractivity contribution in [3.63, 3.8) is 0 Å². The molecule has 0 N–H and O–H groups in total. The van der Waals surface area contributed by atoms with Gasteiger partial charge in [0, 0.05) is 5.41 Å². The molecule has 0 atom stereocenters. The van der Waals surface area contributed by atoms with E-state index in [4.69, 9.17) is 22.6 Å². The van der Waals surface area contributed by atoms with Crippen molar-refractivity contribution >= 4 is 15.4 Å². The van der Waals surface area contributed by atoms with E-state index < -0.39 is 26.0 Å². The molecule has 0 unspecified atom stereocenters. The highest BCUT2D eigenvalue weighted by molar-refractivity contribution is 7.56. The number of phosphoric acid groups is 1. The van der Waals surface area contributed by atoms with Gasteiger partial charge in [0.15, 0.2) is 0 Å². The summed E-state index contributed by atoms with van der Waals surface area (Å²) in [6.07, 6.45) is 0. The molecule has 260 valence electrons. The van der Waals surface area contributed by atoms with E-state index in [1.807, 2.05) is 98.8 Å². The van der Waals surface area contributed by atoms with Crippen LogP contribution in [0.1, 0.15) is 44.4 Å². The largest absolute Gasteiger partial charge is 0.647 e. The molecule has 0 aromatic heterocycles. The molecule has 6 rings (SSSR count). The van der Waals surface area contributed by atoms with Crippen LogP contribution >= 0.6 is 15.4 Å². The summed E-state index contributed by atoms with van der Waals surface area (Å²) in [6, 6.07) is 51.1. The van der Waals surface area contributed by atoms with Crippen LogP contribution in [0.3, 0.4) is 0 Å². The van der Waals surface area contributed by atoms with Gasteiger partial charge in [0.05, 0.1) is 0 Å². The lowest BCUT2D eigenvalue weighted by Crippen LogP contribution is -2.25. The molecule has 0 fully saturated rings. The molecule has 0 saturated carbocycles. The molecule has 9 heteroatoms. The number of benzene rings is 6. The summed E-state index contributed by atoms with van der Waals surface area (Å²) in [5.41, 5.74) is 2.39. The average Bonchev–Trinajstić information content (AvgIpc) is 3.13. The topological polar surface area (TPSA) is 80.3 Å². The molecular weight excluding hydrogens is 678 g/mol. The first-order valence-electron chi connectivity index (χ1n) is 16.6. The van der Waals surface area contributed by atoms with Crippen LogP contribution in [0.4, 0.5) is 0 Å². The van der Waals surface area contributed by atoms with Gasteiger partial charge in [-0.25, -0.2) is 4.57 Å². The Morgan fingerprint density at radius 1 is 0.353 bits per heavy atom. The number of hydrogen-bond acceptors (Lipinski definition) is 7. The van der Waals surface area contributed by atoms with E-state index in [0.29, 0.717) is 28.7 Å². The molecule has 0 heterocycles. The molecule has 6 aromatic carbocycles. The molecule has 6 aromatic rings. The minimum atomic E-state index is -4.12. The van der Waals surface area contributed by atoms with Crippen molar-refractivity contribution in [2.45, 2.75) is 38.3 Å². The van der Waals surface area contributed by atoms with Crippen LogP contribution in [-0.2, 0) is 19.7 Å². The summed E-state index contributed by atoms with van der Waals surface area (Å²) < 4.78 is 58.5. The maximum absolute atomic E-state index is 14.7. The smallest absolute Gasteiger partial charge is 0.415 e. The van der Waals surface area contributed by atoms with Gasteiger partial charge in [-0.3, -0.25) is 0 Å². The third kappa shape index (κ3) is 8.40. The quantitative estimate of drug-likeness (QED) is 0.104. The van der Waals surface area contributed by atoms with Crippen molar-refractivity contribution in [1.82, 2.24) is 0 Å². The van der Waals surface area contributed by atoms with Crippen molar-refractivity contribution in [1.29, 1.82) is 0 Å².